The van der Waals surface area contributed by atoms with E-state index in [2.05, 4.69) is 28.2 Å². The number of aromatic amines is 1. The highest BCUT2D eigenvalue weighted by atomic mass is 32.1. The number of hydrogen-bond donors (Lipinski definition) is 2. The zero-order valence-electron chi connectivity index (χ0n) is 17.5. The van der Waals surface area contributed by atoms with E-state index in [0.29, 0.717) is 29.5 Å². The number of rotatable bonds is 7. The van der Waals surface area contributed by atoms with Crippen molar-refractivity contribution in [1.29, 1.82) is 0 Å². The number of pyridine rings is 1. The van der Waals surface area contributed by atoms with E-state index in [-0.39, 0.29) is 11.4 Å². The smallest absolute Gasteiger partial charge is 0.253 e. The maximum absolute atomic E-state index is 13.2. The third-order valence-corrected chi connectivity index (χ3v) is 5.32. The average Bonchev–Trinajstić information content (AvgIpc) is 2.72. The lowest BCUT2D eigenvalue weighted by Crippen LogP contribution is -2.40. The molecule has 3 rings (SSSR count). The highest BCUT2D eigenvalue weighted by molar-refractivity contribution is 7.80. The van der Waals surface area contributed by atoms with Crippen molar-refractivity contribution in [2.45, 2.75) is 19.9 Å². The van der Waals surface area contributed by atoms with Gasteiger partial charge in [0.1, 0.15) is 5.82 Å². The summed E-state index contributed by atoms with van der Waals surface area (Å²) in [5.41, 5.74) is 3.28. The molecule has 0 aliphatic heterocycles. The van der Waals surface area contributed by atoms with Gasteiger partial charge in [0, 0.05) is 29.9 Å². The molecule has 30 heavy (non-hydrogen) atoms. The zero-order chi connectivity index (χ0) is 21.7. The first-order chi connectivity index (χ1) is 14.4. The zero-order valence-corrected chi connectivity index (χ0v) is 18.4. The molecule has 7 heteroatoms. The van der Waals surface area contributed by atoms with Crippen molar-refractivity contribution in [2.24, 2.45) is 0 Å². The highest BCUT2D eigenvalue weighted by Crippen LogP contribution is 2.16. The molecule has 1 heterocycles. The van der Waals surface area contributed by atoms with Gasteiger partial charge in [-0.3, -0.25) is 4.79 Å². The Kier molecular flexibility index (Phi) is 7.18. The van der Waals surface area contributed by atoms with E-state index in [9.17, 15) is 9.18 Å². The lowest BCUT2D eigenvalue weighted by atomic mass is 10.1. The van der Waals surface area contributed by atoms with E-state index >= 15 is 0 Å². The second kappa shape index (κ2) is 9.82. The number of hydrogen-bond acceptors (Lipinski definition) is 3. The van der Waals surface area contributed by atoms with Crippen LogP contribution in [0.25, 0.3) is 10.9 Å². The molecule has 0 unspecified atom stereocenters. The number of aryl methyl sites for hydroxylation is 1. The van der Waals surface area contributed by atoms with Crippen LogP contribution in [0.2, 0.25) is 0 Å². The van der Waals surface area contributed by atoms with Gasteiger partial charge in [0.2, 0.25) is 0 Å². The summed E-state index contributed by atoms with van der Waals surface area (Å²) in [5.74, 6) is -0.301. The van der Waals surface area contributed by atoms with Crippen molar-refractivity contribution < 1.29 is 4.39 Å². The molecule has 158 valence electrons. The molecule has 1 aromatic heterocycles. The predicted molar refractivity (Wildman–Crippen MR) is 126 cm³/mol. The SMILES string of the molecule is CCc1ccc2[nH]c(=O)c(CN(CCN(C)C)C(=S)Nc3ccc(F)cc3)cc2c1. The molecule has 0 spiro atoms. The van der Waals surface area contributed by atoms with Crippen molar-refractivity contribution in [3.63, 3.8) is 0 Å². The Morgan fingerprint density at radius 2 is 1.83 bits per heavy atom. The summed E-state index contributed by atoms with van der Waals surface area (Å²) < 4.78 is 13.2. The number of fused-ring (bicyclic) bond motifs is 1. The summed E-state index contributed by atoms with van der Waals surface area (Å²) in [4.78, 5) is 19.7. The molecule has 2 aromatic carbocycles. The Morgan fingerprint density at radius 1 is 1.10 bits per heavy atom. The summed E-state index contributed by atoms with van der Waals surface area (Å²) in [6, 6.07) is 14.1. The number of halogens is 1. The van der Waals surface area contributed by atoms with Crippen LogP contribution in [0.15, 0.2) is 53.3 Å². The Morgan fingerprint density at radius 3 is 2.50 bits per heavy atom. The van der Waals surface area contributed by atoms with Crippen molar-refractivity contribution in [3.05, 3.63) is 75.8 Å². The number of nitrogens with zero attached hydrogens (tertiary/aromatic N) is 2. The Bertz CT molecular complexity index is 1080. The molecule has 2 N–H and O–H groups in total. The molecule has 0 atom stereocenters. The number of nitrogens with one attached hydrogen (secondary N) is 2. The van der Waals surface area contributed by atoms with E-state index in [1.54, 1.807) is 12.1 Å². The van der Waals surface area contributed by atoms with Gasteiger partial charge in [0.05, 0.1) is 6.54 Å². The molecule has 0 bridgehead atoms. The number of likely N-dealkylation sites (N-methyl/N-ethyl adjacent to an activating group) is 1. The van der Waals surface area contributed by atoms with E-state index in [0.717, 1.165) is 23.9 Å². The number of benzene rings is 2. The minimum Gasteiger partial charge on any atom is -0.343 e. The largest absolute Gasteiger partial charge is 0.343 e. The third kappa shape index (κ3) is 5.64. The topological polar surface area (TPSA) is 51.4 Å². The number of anilines is 1. The minimum absolute atomic E-state index is 0.119. The standard InChI is InChI=1S/C23H27FN4OS/c1-4-16-5-10-21-17(13-16)14-18(22(29)26-21)15-28(12-11-27(2)3)23(30)25-20-8-6-19(24)7-9-20/h5-10,13-14H,4,11-12,15H2,1-3H3,(H,25,30)(H,26,29). The van der Waals surface area contributed by atoms with Crippen LogP contribution in [0, 0.1) is 5.82 Å². The molecule has 0 fully saturated rings. The van der Waals surface area contributed by atoms with Gasteiger partial charge in [0.15, 0.2) is 5.11 Å². The average molecular weight is 427 g/mol. The quantitative estimate of drug-likeness (QED) is 0.560. The van der Waals surface area contributed by atoms with Crippen molar-refractivity contribution >= 4 is 33.9 Å². The van der Waals surface area contributed by atoms with Crippen LogP contribution in [-0.4, -0.2) is 47.1 Å². The molecule has 0 radical (unpaired) electrons. The van der Waals surface area contributed by atoms with Crippen molar-refractivity contribution in [3.8, 4) is 0 Å². The molecular weight excluding hydrogens is 399 g/mol. The summed E-state index contributed by atoms with van der Waals surface area (Å²) in [5, 5.41) is 4.65. The van der Waals surface area contributed by atoms with Gasteiger partial charge in [-0.15, -0.1) is 0 Å². The number of H-pyrrole nitrogens is 1. The first-order valence-corrected chi connectivity index (χ1v) is 10.4. The van der Waals surface area contributed by atoms with Crippen LogP contribution < -0.4 is 10.9 Å². The van der Waals surface area contributed by atoms with Gasteiger partial charge < -0.3 is 20.1 Å². The van der Waals surface area contributed by atoms with Gasteiger partial charge in [-0.05, 0) is 86.1 Å². The summed E-state index contributed by atoms with van der Waals surface area (Å²) in [6.45, 7) is 3.90. The maximum atomic E-state index is 13.2. The lowest BCUT2D eigenvalue weighted by Gasteiger charge is -2.27. The fourth-order valence-corrected chi connectivity index (χ4v) is 3.43. The van der Waals surface area contributed by atoms with E-state index < -0.39 is 0 Å². The van der Waals surface area contributed by atoms with Crippen molar-refractivity contribution in [2.75, 3.05) is 32.5 Å². The maximum Gasteiger partial charge on any atom is 0.253 e. The van der Waals surface area contributed by atoms with Gasteiger partial charge in [-0.2, -0.15) is 0 Å². The number of aromatic nitrogens is 1. The Balaban J connectivity index is 1.86. The second-order valence-corrected chi connectivity index (χ2v) is 7.95. The molecule has 5 nitrogen and oxygen atoms in total. The monoisotopic (exact) mass is 426 g/mol. The third-order valence-electron chi connectivity index (χ3n) is 4.95. The van der Waals surface area contributed by atoms with Crippen LogP contribution in [0.5, 0.6) is 0 Å². The first-order valence-electron chi connectivity index (χ1n) is 9.96. The Labute approximate surface area is 181 Å². The Hall–Kier alpha value is -2.77. The van der Waals surface area contributed by atoms with Gasteiger partial charge >= 0.3 is 0 Å². The molecule has 0 aliphatic carbocycles. The molecule has 0 aliphatic rings. The van der Waals surface area contributed by atoms with E-state index in [1.165, 1.54) is 17.7 Å². The van der Waals surface area contributed by atoms with Gasteiger partial charge in [-0.1, -0.05) is 13.0 Å². The first kappa shape index (κ1) is 21.9. The molecule has 0 amide bonds. The number of thiocarbonyl (C=S) groups is 1. The fraction of sp³-hybridized carbons (Fsp3) is 0.304. The molecule has 0 saturated carbocycles. The van der Waals surface area contributed by atoms with Gasteiger partial charge in [0.25, 0.3) is 5.56 Å². The van der Waals surface area contributed by atoms with Crippen LogP contribution >= 0.6 is 12.2 Å². The molecule has 3 aromatic rings. The summed E-state index contributed by atoms with van der Waals surface area (Å²) in [6.07, 6.45) is 0.936. The minimum atomic E-state index is -0.301. The molecular formula is C23H27FN4OS. The predicted octanol–water partition coefficient (Wildman–Crippen LogP) is 3.99. The second-order valence-electron chi connectivity index (χ2n) is 7.56. The summed E-state index contributed by atoms with van der Waals surface area (Å²) in [7, 11) is 3.98. The van der Waals surface area contributed by atoms with E-state index in [1.807, 2.05) is 37.2 Å². The summed E-state index contributed by atoms with van der Waals surface area (Å²) >= 11 is 5.61. The van der Waals surface area contributed by atoms with Crippen LogP contribution in [0.4, 0.5) is 10.1 Å². The van der Waals surface area contributed by atoms with Crippen LogP contribution in [0.1, 0.15) is 18.1 Å². The fourth-order valence-electron chi connectivity index (χ4n) is 3.15. The lowest BCUT2D eigenvalue weighted by molar-refractivity contribution is 0.327. The van der Waals surface area contributed by atoms with Crippen LogP contribution in [-0.2, 0) is 13.0 Å². The molecule has 0 saturated heterocycles. The van der Waals surface area contributed by atoms with Gasteiger partial charge in [-0.25, -0.2) is 4.39 Å². The van der Waals surface area contributed by atoms with Crippen LogP contribution in [0.3, 0.4) is 0 Å². The van der Waals surface area contributed by atoms with E-state index in [4.69, 9.17) is 12.2 Å². The van der Waals surface area contributed by atoms with Crippen molar-refractivity contribution in [1.82, 2.24) is 14.8 Å². The normalized spacial score (nSPS) is 11.1. The highest BCUT2D eigenvalue weighted by Gasteiger charge is 2.14.